The van der Waals surface area contributed by atoms with Crippen molar-refractivity contribution >= 4 is 11.7 Å². The standard InChI is InChI=1S/C20H21N5O2/c1-4-13-5-7-14(8-6-13)15-11-17(26)21-20-19(15)12(2)24-25(20)16-9-10-18(27-3)23-22-16/h5-10,15H,4,11H2,1-3H3,(H,21,26). The van der Waals surface area contributed by atoms with Gasteiger partial charge in [-0.2, -0.15) is 9.78 Å². The van der Waals surface area contributed by atoms with Gasteiger partial charge in [-0.05, 0) is 30.5 Å². The summed E-state index contributed by atoms with van der Waals surface area (Å²) in [6.45, 7) is 4.09. The third-order valence-corrected chi connectivity index (χ3v) is 4.94. The van der Waals surface area contributed by atoms with Crippen molar-refractivity contribution in [1.82, 2.24) is 20.0 Å². The van der Waals surface area contributed by atoms with Crippen LogP contribution in [0, 0.1) is 6.92 Å². The molecule has 0 spiro atoms. The Bertz CT molecular complexity index is 977. The maximum absolute atomic E-state index is 12.4. The lowest BCUT2D eigenvalue weighted by Crippen LogP contribution is -2.25. The summed E-state index contributed by atoms with van der Waals surface area (Å²) in [4.78, 5) is 12.4. The topological polar surface area (TPSA) is 81.9 Å². The molecule has 0 aliphatic carbocycles. The first-order valence-electron chi connectivity index (χ1n) is 8.97. The minimum atomic E-state index is -0.0327. The van der Waals surface area contributed by atoms with Crippen molar-refractivity contribution in [2.75, 3.05) is 12.4 Å². The quantitative estimate of drug-likeness (QED) is 0.770. The van der Waals surface area contributed by atoms with Crippen molar-refractivity contribution in [2.24, 2.45) is 0 Å². The number of aryl methyl sites for hydroxylation is 2. The zero-order valence-electron chi connectivity index (χ0n) is 15.6. The van der Waals surface area contributed by atoms with Crippen LogP contribution >= 0.6 is 0 Å². The smallest absolute Gasteiger partial charge is 0.233 e. The number of carbonyl (C=O) groups excluding carboxylic acids is 1. The molecule has 0 bridgehead atoms. The highest BCUT2D eigenvalue weighted by atomic mass is 16.5. The van der Waals surface area contributed by atoms with E-state index in [1.807, 2.05) is 6.92 Å². The maximum Gasteiger partial charge on any atom is 0.233 e. The van der Waals surface area contributed by atoms with Crippen LogP contribution in [-0.4, -0.2) is 33.0 Å². The summed E-state index contributed by atoms with van der Waals surface area (Å²) in [5.41, 5.74) is 4.29. The highest BCUT2D eigenvalue weighted by molar-refractivity contribution is 5.95. The average molecular weight is 363 g/mol. The normalized spacial score (nSPS) is 16.0. The molecule has 0 saturated heterocycles. The molecule has 4 rings (SSSR count). The number of carbonyl (C=O) groups is 1. The first-order valence-corrected chi connectivity index (χ1v) is 8.97. The van der Waals surface area contributed by atoms with E-state index in [1.54, 1.807) is 16.8 Å². The summed E-state index contributed by atoms with van der Waals surface area (Å²) in [7, 11) is 1.54. The van der Waals surface area contributed by atoms with Gasteiger partial charge in [0.25, 0.3) is 0 Å². The summed E-state index contributed by atoms with van der Waals surface area (Å²) >= 11 is 0. The van der Waals surface area contributed by atoms with E-state index in [4.69, 9.17) is 4.74 Å². The molecule has 3 heterocycles. The second-order valence-corrected chi connectivity index (χ2v) is 6.59. The molecule has 2 aromatic heterocycles. The number of nitrogens with zero attached hydrogens (tertiary/aromatic N) is 4. The van der Waals surface area contributed by atoms with E-state index in [0.29, 0.717) is 23.9 Å². The van der Waals surface area contributed by atoms with Crippen LogP contribution in [0.5, 0.6) is 5.88 Å². The summed E-state index contributed by atoms with van der Waals surface area (Å²) in [6.07, 6.45) is 1.39. The molecule has 1 N–H and O–H groups in total. The lowest BCUT2D eigenvalue weighted by Gasteiger charge is -2.24. The largest absolute Gasteiger partial charge is 0.480 e. The number of rotatable bonds is 4. The number of benzene rings is 1. The summed E-state index contributed by atoms with van der Waals surface area (Å²) < 4.78 is 6.70. The maximum atomic E-state index is 12.4. The van der Waals surface area contributed by atoms with Gasteiger partial charge in [-0.1, -0.05) is 31.2 Å². The lowest BCUT2D eigenvalue weighted by molar-refractivity contribution is -0.116. The van der Waals surface area contributed by atoms with Crippen LogP contribution in [-0.2, 0) is 11.2 Å². The van der Waals surface area contributed by atoms with Gasteiger partial charge in [0.15, 0.2) is 5.82 Å². The van der Waals surface area contributed by atoms with E-state index in [2.05, 4.69) is 51.8 Å². The van der Waals surface area contributed by atoms with E-state index in [9.17, 15) is 4.79 Å². The average Bonchev–Trinajstić information content (AvgIpc) is 3.04. The van der Waals surface area contributed by atoms with Gasteiger partial charge in [-0.15, -0.1) is 10.2 Å². The van der Waals surface area contributed by atoms with E-state index in [1.165, 1.54) is 12.7 Å². The number of ether oxygens (including phenoxy) is 1. The van der Waals surface area contributed by atoms with Gasteiger partial charge < -0.3 is 10.1 Å². The Kier molecular flexibility index (Phi) is 4.35. The fourth-order valence-electron chi connectivity index (χ4n) is 3.52. The van der Waals surface area contributed by atoms with E-state index in [0.717, 1.165) is 23.2 Å². The zero-order valence-corrected chi connectivity index (χ0v) is 15.6. The van der Waals surface area contributed by atoms with Gasteiger partial charge in [-0.25, -0.2) is 0 Å². The fraction of sp³-hybridized carbons (Fsp3) is 0.300. The van der Waals surface area contributed by atoms with Crippen molar-refractivity contribution in [1.29, 1.82) is 0 Å². The Labute approximate surface area is 157 Å². The van der Waals surface area contributed by atoms with Crippen molar-refractivity contribution in [3.63, 3.8) is 0 Å². The molecule has 1 unspecified atom stereocenters. The number of nitrogens with one attached hydrogen (secondary N) is 1. The lowest BCUT2D eigenvalue weighted by atomic mass is 9.85. The van der Waals surface area contributed by atoms with Gasteiger partial charge in [-0.3, -0.25) is 4.79 Å². The molecular formula is C20H21N5O2. The molecule has 0 radical (unpaired) electrons. The predicted octanol–water partition coefficient (Wildman–Crippen LogP) is 3.02. The predicted molar refractivity (Wildman–Crippen MR) is 101 cm³/mol. The molecule has 138 valence electrons. The Hall–Kier alpha value is -3.22. The van der Waals surface area contributed by atoms with Gasteiger partial charge in [0.2, 0.25) is 11.8 Å². The van der Waals surface area contributed by atoms with Crippen LogP contribution < -0.4 is 10.1 Å². The number of methoxy groups -OCH3 is 1. The molecule has 1 aromatic carbocycles. The molecule has 0 saturated carbocycles. The molecule has 1 amide bonds. The molecule has 7 nitrogen and oxygen atoms in total. The van der Waals surface area contributed by atoms with Crippen molar-refractivity contribution in [3.8, 4) is 11.7 Å². The number of hydrogen-bond acceptors (Lipinski definition) is 5. The molecule has 3 aromatic rings. The summed E-state index contributed by atoms with van der Waals surface area (Å²) in [5.74, 6) is 1.55. The van der Waals surface area contributed by atoms with Crippen LogP contribution in [0.2, 0.25) is 0 Å². The van der Waals surface area contributed by atoms with Crippen molar-refractivity contribution < 1.29 is 9.53 Å². The van der Waals surface area contributed by atoms with Crippen LogP contribution in [0.3, 0.4) is 0 Å². The third-order valence-electron chi connectivity index (χ3n) is 4.94. The van der Waals surface area contributed by atoms with Crippen molar-refractivity contribution in [2.45, 2.75) is 32.6 Å². The van der Waals surface area contributed by atoms with Gasteiger partial charge >= 0.3 is 0 Å². The minimum Gasteiger partial charge on any atom is -0.480 e. The third kappa shape index (κ3) is 3.05. The second kappa shape index (κ2) is 6.83. The van der Waals surface area contributed by atoms with Crippen LogP contribution in [0.1, 0.15) is 41.6 Å². The van der Waals surface area contributed by atoms with Crippen LogP contribution in [0.25, 0.3) is 5.82 Å². The van der Waals surface area contributed by atoms with Crippen LogP contribution in [0.4, 0.5) is 5.82 Å². The number of amides is 1. The summed E-state index contributed by atoms with van der Waals surface area (Å²) in [6, 6.07) is 11.9. The molecular weight excluding hydrogens is 342 g/mol. The second-order valence-electron chi connectivity index (χ2n) is 6.59. The number of aromatic nitrogens is 4. The zero-order chi connectivity index (χ0) is 19.0. The SMILES string of the molecule is CCc1ccc(C2CC(=O)Nc3c2c(C)nn3-c2ccc(OC)nn2)cc1. The Balaban J connectivity index is 1.79. The number of anilines is 1. The monoisotopic (exact) mass is 363 g/mol. The summed E-state index contributed by atoms with van der Waals surface area (Å²) in [5, 5.41) is 15.7. The molecule has 27 heavy (non-hydrogen) atoms. The van der Waals surface area contributed by atoms with Gasteiger partial charge in [0, 0.05) is 24.0 Å². The molecule has 0 fully saturated rings. The first-order chi connectivity index (χ1) is 13.1. The molecule has 1 aliphatic heterocycles. The van der Waals surface area contributed by atoms with E-state index in [-0.39, 0.29) is 11.8 Å². The van der Waals surface area contributed by atoms with Gasteiger partial charge in [0.05, 0.1) is 12.8 Å². The van der Waals surface area contributed by atoms with Crippen LogP contribution in [0.15, 0.2) is 36.4 Å². The number of hydrogen-bond donors (Lipinski definition) is 1. The highest BCUT2D eigenvalue weighted by Crippen LogP contribution is 2.40. The molecule has 7 heteroatoms. The molecule has 1 atom stereocenters. The first kappa shape index (κ1) is 17.2. The van der Waals surface area contributed by atoms with E-state index >= 15 is 0 Å². The van der Waals surface area contributed by atoms with Crippen molar-refractivity contribution in [3.05, 3.63) is 58.8 Å². The van der Waals surface area contributed by atoms with E-state index < -0.39 is 0 Å². The van der Waals surface area contributed by atoms with Gasteiger partial charge in [0.1, 0.15) is 5.82 Å². The number of fused-ring (bicyclic) bond motifs is 1. The Morgan fingerprint density at radius 2 is 1.96 bits per heavy atom. The highest BCUT2D eigenvalue weighted by Gasteiger charge is 2.32. The minimum absolute atomic E-state index is 0.0281. The molecule has 1 aliphatic rings. The Morgan fingerprint density at radius 1 is 1.19 bits per heavy atom. The Morgan fingerprint density at radius 3 is 2.59 bits per heavy atom. The fourth-order valence-corrected chi connectivity index (χ4v) is 3.52.